The molecule has 18 heavy (non-hydrogen) atoms. The Bertz CT molecular complexity index is 630. The monoisotopic (exact) mass is 265 g/mol. The van der Waals surface area contributed by atoms with E-state index in [1.165, 1.54) is 6.20 Å². The molecule has 0 unspecified atom stereocenters. The third kappa shape index (κ3) is 2.53. The summed E-state index contributed by atoms with van der Waals surface area (Å²) in [5.41, 5.74) is 2.23. The minimum Gasteiger partial charge on any atom is -0.281 e. The zero-order valence-electron chi connectivity index (χ0n) is 10.3. The van der Waals surface area contributed by atoms with Crippen molar-refractivity contribution in [2.45, 2.75) is 25.2 Å². The molecule has 0 saturated heterocycles. The molecule has 6 heteroatoms. The molecule has 0 fully saturated rings. The summed E-state index contributed by atoms with van der Waals surface area (Å²) in [6.45, 7) is 3.72. The number of nitrogens with zero attached hydrogens (tertiary/aromatic N) is 1. The third-order valence-corrected chi connectivity index (χ3v) is 4.18. The number of aromatic nitrogens is 2. The minimum absolute atomic E-state index is 0.169. The van der Waals surface area contributed by atoms with Crippen molar-refractivity contribution in [1.82, 2.24) is 10.2 Å². The Morgan fingerprint density at radius 1 is 1.28 bits per heavy atom. The van der Waals surface area contributed by atoms with Crippen LogP contribution in [-0.2, 0) is 16.4 Å². The molecule has 2 rings (SSSR count). The molecular formula is C12H15N3O2S. The SMILES string of the molecule is CCc1ccc(NS(=O)(=O)c2cn[nH]c2C)cc1. The number of rotatable bonds is 4. The van der Waals surface area contributed by atoms with E-state index in [-0.39, 0.29) is 4.90 Å². The number of H-pyrrole nitrogens is 1. The van der Waals surface area contributed by atoms with Crippen LogP contribution < -0.4 is 4.72 Å². The van der Waals surface area contributed by atoms with Gasteiger partial charge in [0.15, 0.2) is 0 Å². The molecule has 0 spiro atoms. The van der Waals surface area contributed by atoms with E-state index in [1.807, 2.05) is 19.1 Å². The summed E-state index contributed by atoms with van der Waals surface area (Å²) in [4.78, 5) is 0.169. The van der Waals surface area contributed by atoms with Gasteiger partial charge in [0, 0.05) is 5.69 Å². The molecule has 0 atom stereocenters. The maximum atomic E-state index is 12.1. The predicted octanol–water partition coefficient (Wildman–Crippen LogP) is 2.08. The van der Waals surface area contributed by atoms with Gasteiger partial charge >= 0.3 is 0 Å². The van der Waals surface area contributed by atoms with Crippen molar-refractivity contribution in [2.75, 3.05) is 4.72 Å². The normalized spacial score (nSPS) is 11.4. The van der Waals surface area contributed by atoms with E-state index < -0.39 is 10.0 Å². The summed E-state index contributed by atoms with van der Waals surface area (Å²) in [7, 11) is -3.56. The van der Waals surface area contributed by atoms with Gasteiger partial charge in [-0.2, -0.15) is 5.10 Å². The first-order chi connectivity index (χ1) is 8.53. The summed E-state index contributed by atoms with van der Waals surface area (Å²) < 4.78 is 26.7. The molecule has 1 aromatic heterocycles. The number of anilines is 1. The van der Waals surface area contributed by atoms with E-state index in [0.717, 1.165) is 12.0 Å². The van der Waals surface area contributed by atoms with Crippen LogP contribution in [0.25, 0.3) is 0 Å². The Hall–Kier alpha value is -1.82. The van der Waals surface area contributed by atoms with Gasteiger partial charge in [0.2, 0.25) is 0 Å². The first-order valence-electron chi connectivity index (χ1n) is 5.64. The quantitative estimate of drug-likeness (QED) is 0.888. The van der Waals surface area contributed by atoms with Gasteiger partial charge in [0.05, 0.1) is 11.9 Å². The Balaban J connectivity index is 2.25. The summed E-state index contributed by atoms with van der Waals surface area (Å²) >= 11 is 0. The lowest BCUT2D eigenvalue weighted by Crippen LogP contribution is -2.13. The number of aryl methyl sites for hydroxylation is 2. The molecule has 0 bridgehead atoms. The van der Waals surface area contributed by atoms with Crippen LogP contribution in [-0.4, -0.2) is 18.6 Å². The van der Waals surface area contributed by atoms with Gasteiger partial charge in [0.1, 0.15) is 4.90 Å². The van der Waals surface area contributed by atoms with Crippen LogP contribution in [0.3, 0.4) is 0 Å². The van der Waals surface area contributed by atoms with Crippen LogP contribution in [0.2, 0.25) is 0 Å². The fourth-order valence-electron chi connectivity index (χ4n) is 1.63. The summed E-state index contributed by atoms with van der Waals surface area (Å²) in [6.07, 6.45) is 2.23. The highest BCUT2D eigenvalue weighted by Gasteiger charge is 2.18. The zero-order valence-corrected chi connectivity index (χ0v) is 11.1. The number of aromatic amines is 1. The molecule has 2 aromatic rings. The molecular weight excluding hydrogens is 250 g/mol. The molecule has 0 amide bonds. The topological polar surface area (TPSA) is 74.8 Å². The highest BCUT2D eigenvalue weighted by molar-refractivity contribution is 7.92. The van der Waals surface area contributed by atoms with Crippen LogP contribution in [0.15, 0.2) is 35.4 Å². The van der Waals surface area contributed by atoms with Crippen molar-refractivity contribution in [1.29, 1.82) is 0 Å². The van der Waals surface area contributed by atoms with Crippen LogP contribution in [0.5, 0.6) is 0 Å². The average molecular weight is 265 g/mol. The van der Waals surface area contributed by atoms with E-state index in [2.05, 4.69) is 14.9 Å². The fourth-order valence-corrected chi connectivity index (χ4v) is 2.83. The smallest absolute Gasteiger partial charge is 0.265 e. The number of benzene rings is 1. The van der Waals surface area contributed by atoms with Gasteiger partial charge < -0.3 is 0 Å². The molecule has 0 saturated carbocycles. The van der Waals surface area contributed by atoms with Gasteiger partial charge in [-0.25, -0.2) is 8.42 Å². The van der Waals surface area contributed by atoms with Gasteiger partial charge in [0.25, 0.3) is 10.0 Å². The first-order valence-corrected chi connectivity index (χ1v) is 7.13. The first kappa shape index (κ1) is 12.6. The van der Waals surface area contributed by atoms with Gasteiger partial charge in [-0.15, -0.1) is 0 Å². The van der Waals surface area contributed by atoms with Gasteiger partial charge in [-0.1, -0.05) is 19.1 Å². The van der Waals surface area contributed by atoms with Crippen LogP contribution in [0, 0.1) is 6.92 Å². The standard InChI is InChI=1S/C12H15N3O2S/c1-3-10-4-6-11(7-5-10)15-18(16,17)12-8-13-14-9(12)2/h4-8,15H,3H2,1-2H3,(H,13,14). The largest absolute Gasteiger partial charge is 0.281 e. The lowest BCUT2D eigenvalue weighted by atomic mass is 10.2. The van der Waals surface area contributed by atoms with Crippen molar-refractivity contribution in [3.63, 3.8) is 0 Å². The van der Waals surface area contributed by atoms with Gasteiger partial charge in [-0.05, 0) is 31.0 Å². The summed E-state index contributed by atoms with van der Waals surface area (Å²) in [5.74, 6) is 0. The van der Waals surface area contributed by atoms with Crippen molar-refractivity contribution in [3.05, 3.63) is 41.7 Å². The number of sulfonamides is 1. The van der Waals surface area contributed by atoms with E-state index in [9.17, 15) is 8.42 Å². The second kappa shape index (κ2) is 4.81. The molecule has 0 aliphatic carbocycles. The molecule has 0 aliphatic heterocycles. The van der Waals surface area contributed by atoms with Crippen LogP contribution in [0.4, 0.5) is 5.69 Å². The molecule has 2 N–H and O–H groups in total. The zero-order chi connectivity index (χ0) is 13.2. The van der Waals surface area contributed by atoms with Crippen molar-refractivity contribution in [3.8, 4) is 0 Å². The minimum atomic E-state index is -3.56. The Kier molecular flexibility index (Phi) is 3.38. The number of nitrogens with one attached hydrogen (secondary N) is 2. The Morgan fingerprint density at radius 3 is 2.44 bits per heavy atom. The number of hydrogen-bond donors (Lipinski definition) is 2. The summed E-state index contributed by atoms with van der Waals surface area (Å²) in [6, 6.07) is 7.32. The van der Waals surface area contributed by atoms with Crippen LogP contribution in [0.1, 0.15) is 18.2 Å². The second-order valence-electron chi connectivity index (χ2n) is 4.02. The fraction of sp³-hybridized carbons (Fsp3) is 0.250. The maximum absolute atomic E-state index is 12.1. The van der Waals surface area contributed by atoms with Crippen molar-refractivity contribution in [2.24, 2.45) is 0 Å². The molecule has 5 nitrogen and oxygen atoms in total. The lowest BCUT2D eigenvalue weighted by molar-refractivity contribution is 0.600. The number of hydrogen-bond acceptors (Lipinski definition) is 3. The van der Waals surface area contributed by atoms with Crippen molar-refractivity contribution >= 4 is 15.7 Å². The van der Waals surface area contributed by atoms with Crippen molar-refractivity contribution < 1.29 is 8.42 Å². The third-order valence-electron chi connectivity index (χ3n) is 2.69. The Morgan fingerprint density at radius 2 is 1.94 bits per heavy atom. The predicted molar refractivity (Wildman–Crippen MR) is 70.0 cm³/mol. The highest BCUT2D eigenvalue weighted by atomic mass is 32.2. The Labute approximate surface area is 106 Å². The van der Waals surface area contributed by atoms with Gasteiger partial charge in [-0.3, -0.25) is 9.82 Å². The average Bonchev–Trinajstić information content (AvgIpc) is 2.77. The summed E-state index contributed by atoms with van der Waals surface area (Å²) in [5, 5.41) is 6.32. The maximum Gasteiger partial charge on any atom is 0.265 e. The molecule has 96 valence electrons. The molecule has 0 radical (unpaired) electrons. The van der Waals surface area contributed by atoms with E-state index in [1.54, 1.807) is 19.1 Å². The van der Waals surface area contributed by atoms with E-state index in [0.29, 0.717) is 11.4 Å². The highest BCUT2D eigenvalue weighted by Crippen LogP contribution is 2.17. The molecule has 1 heterocycles. The second-order valence-corrected chi connectivity index (χ2v) is 5.67. The van der Waals surface area contributed by atoms with E-state index in [4.69, 9.17) is 0 Å². The molecule has 1 aromatic carbocycles. The molecule has 0 aliphatic rings. The lowest BCUT2D eigenvalue weighted by Gasteiger charge is -2.07. The van der Waals surface area contributed by atoms with Crippen LogP contribution >= 0.6 is 0 Å². The van der Waals surface area contributed by atoms with E-state index >= 15 is 0 Å².